The van der Waals surface area contributed by atoms with Crippen molar-refractivity contribution in [1.29, 1.82) is 0 Å². The summed E-state index contributed by atoms with van der Waals surface area (Å²) >= 11 is 0. The quantitative estimate of drug-likeness (QED) is 0.164. The van der Waals surface area contributed by atoms with E-state index in [-0.39, 0.29) is 33.8 Å². The van der Waals surface area contributed by atoms with Gasteiger partial charge in [0.1, 0.15) is 0 Å². The fraction of sp³-hybridized carbons (Fsp3) is 0.379. The van der Waals surface area contributed by atoms with Crippen LogP contribution in [0, 0.1) is 13.8 Å². The number of hydrogen-bond acceptors (Lipinski definition) is 2. The highest BCUT2D eigenvalue weighted by Gasteiger charge is 2.47. The van der Waals surface area contributed by atoms with Crippen LogP contribution in [0.1, 0.15) is 146 Å². The van der Waals surface area contributed by atoms with Crippen LogP contribution in [-0.4, -0.2) is 6.71 Å². The van der Waals surface area contributed by atoms with Crippen molar-refractivity contribution in [2.45, 2.75) is 144 Å². The standard InChI is InChI=1S/C58H67BN2/c1-36-29-51-53-52(30-36)61(48-25-22-40(55(6,7)8)32-42(48)38-19-17-16-18-20-38)49-26-23-41(56(9,10)11)33-45(49)59(53)46-34-43-44(58(14,15)28-27-57(43,12)13)35-50(46)60(51)47-24-21-39(31-37(47)2)54(3,4)5/h16-26,29-35H,27-28H2,1-15H3/i1D3. The molecule has 2 aliphatic heterocycles. The number of hydrogen-bond donors (Lipinski definition) is 0. The van der Waals surface area contributed by atoms with E-state index >= 15 is 0 Å². The Hall–Kier alpha value is -5.02. The number of rotatable bonds is 3. The van der Waals surface area contributed by atoms with E-state index in [1.807, 2.05) is 12.1 Å². The van der Waals surface area contributed by atoms with Crippen molar-refractivity contribution < 1.29 is 4.11 Å². The van der Waals surface area contributed by atoms with Gasteiger partial charge in [-0.15, -0.1) is 0 Å². The minimum Gasteiger partial charge on any atom is -0.311 e. The molecule has 9 rings (SSSR count). The molecule has 1 aliphatic carbocycles. The first-order valence-corrected chi connectivity index (χ1v) is 22.6. The Bertz CT molecular complexity index is 2850. The van der Waals surface area contributed by atoms with E-state index in [9.17, 15) is 0 Å². The molecule has 61 heavy (non-hydrogen) atoms. The maximum atomic E-state index is 9.09. The van der Waals surface area contributed by atoms with E-state index in [1.54, 1.807) is 0 Å². The van der Waals surface area contributed by atoms with Crippen LogP contribution in [0.25, 0.3) is 11.1 Å². The summed E-state index contributed by atoms with van der Waals surface area (Å²) in [5.41, 5.74) is 19.9. The molecule has 2 heterocycles. The van der Waals surface area contributed by atoms with Crippen LogP contribution in [0.2, 0.25) is 0 Å². The molecule has 0 spiro atoms. The monoisotopic (exact) mass is 806 g/mol. The van der Waals surface area contributed by atoms with Crippen LogP contribution in [0.4, 0.5) is 34.1 Å². The van der Waals surface area contributed by atoms with Crippen LogP contribution < -0.4 is 26.2 Å². The van der Waals surface area contributed by atoms with Crippen LogP contribution in [-0.2, 0) is 27.1 Å². The summed E-state index contributed by atoms with van der Waals surface area (Å²) in [5, 5.41) is 0. The first-order chi connectivity index (χ1) is 29.7. The van der Waals surface area contributed by atoms with E-state index in [2.05, 4.69) is 204 Å². The van der Waals surface area contributed by atoms with Crippen LogP contribution >= 0.6 is 0 Å². The highest BCUT2D eigenvalue weighted by Crippen LogP contribution is 2.52. The minimum atomic E-state index is -2.36. The van der Waals surface area contributed by atoms with Crippen molar-refractivity contribution in [1.82, 2.24) is 0 Å². The van der Waals surface area contributed by atoms with Gasteiger partial charge in [0, 0.05) is 38.1 Å². The van der Waals surface area contributed by atoms with Gasteiger partial charge in [0.15, 0.2) is 0 Å². The third kappa shape index (κ3) is 6.77. The Balaban J connectivity index is 1.47. The van der Waals surface area contributed by atoms with Crippen molar-refractivity contribution in [3.05, 3.63) is 148 Å². The van der Waals surface area contributed by atoms with E-state index in [4.69, 9.17) is 4.11 Å². The normalized spacial score (nSPS) is 17.4. The average molecular weight is 806 g/mol. The van der Waals surface area contributed by atoms with Crippen LogP contribution in [0.5, 0.6) is 0 Å². The van der Waals surface area contributed by atoms with Gasteiger partial charge < -0.3 is 9.80 Å². The zero-order chi connectivity index (χ0) is 46.3. The number of nitrogens with zero attached hydrogens (tertiary/aromatic N) is 2. The molecule has 0 radical (unpaired) electrons. The molecule has 0 N–H and O–H groups in total. The molecule has 0 atom stereocenters. The van der Waals surface area contributed by atoms with Crippen molar-refractivity contribution in [3.8, 4) is 11.1 Å². The number of benzene rings is 6. The SMILES string of the molecule is [2H]C([2H])([2H])c1cc2c3c(c1)N(c1ccc(C(C)(C)C)cc1-c1ccccc1)c1ccc(C(C)(C)C)cc1B3c1cc3c(cc1N2c1ccc(C(C)(C)C)cc1C)C(C)(C)CCC3(C)C. The molecular formula is C58H67BN2. The molecule has 3 aliphatic rings. The fourth-order valence-electron chi connectivity index (χ4n) is 10.5. The summed E-state index contributed by atoms with van der Waals surface area (Å²) in [5.74, 6) is 0. The lowest BCUT2D eigenvalue weighted by Crippen LogP contribution is -2.62. The second-order valence-corrected chi connectivity index (χ2v) is 22.9. The average Bonchev–Trinajstić information content (AvgIpc) is 3.20. The van der Waals surface area contributed by atoms with Gasteiger partial charge in [-0.3, -0.25) is 0 Å². The molecule has 0 saturated heterocycles. The highest BCUT2D eigenvalue weighted by molar-refractivity contribution is 7.00. The molecule has 0 bridgehead atoms. The van der Waals surface area contributed by atoms with Crippen molar-refractivity contribution in [2.75, 3.05) is 9.80 Å². The Morgan fingerprint density at radius 2 is 1.00 bits per heavy atom. The Morgan fingerprint density at radius 3 is 1.56 bits per heavy atom. The molecule has 0 saturated carbocycles. The summed E-state index contributed by atoms with van der Waals surface area (Å²) < 4.78 is 27.3. The van der Waals surface area contributed by atoms with Crippen LogP contribution in [0.3, 0.4) is 0 Å². The Kier molecular flexibility index (Phi) is 8.50. The predicted molar refractivity (Wildman–Crippen MR) is 267 cm³/mol. The molecular weight excluding hydrogens is 735 g/mol. The van der Waals surface area contributed by atoms with Gasteiger partial charge in [-0.25, -0.2) is 0 Å². The molecule has 3 heteroatoms. The van der Waals surface area contributed by atoms with Gasteiger partial charge >= 0.3 is 0 Å². The maximum absolute atomic E-state index is 9.09. The lowest BCUT2D eigenvalue weighted by Gasteiger charge is -2.48. The predicted octanol–water partition coefficient (Wildman–Crippen LogP) is 14.3. The molecule has 6 aromatic carbocycles. The first kappa shape index (κ1) is 37.7. The third-order valence-electron chi connectivity index (χ3n) is 14.4. The minimum absolute atomic E-state index is 0.0145. The summed E-state index contributed by atoms with van der Waals surface area (Å²) in [4.78, 5) is 4.85. The molecule has 0 aromatic heterocycles. The molecule has 312 valence electrons. The van der Waals surface area contributed by atoms with Gasteiger partial charge in [-0.1, -0.05) is 157 Å². The largest absolute Gasteiger partial charge is 0.311 e. The smallest absolute Gasteiger partial charge is 0.252 e. The summed E-state index contributed by atoms with van der Waals surface area (Å²) in [6, 6.07) is 40.7. The molecule has 6 aromatic rings. The molecule has 0 unspecified atom stereocenters. The summed E-state index contributed by atoms with van der Waals surface area (Å²) in [6.07, 6.45) is 2.21. The second kappa shape index (κ2) is 13.7. The zero-order valence-electron chi connectivity index (χ0n) is 42.3. The summed E-state index contributed by atoms with van der Waals surface area (Å²) in [6.45, 7) is 29.9. The van der Waals surface area contributed by atoms with E-state index < -0.39 is 6.85 Å². The molecule has 0 amide bonds. The van der Waals surface area contributed by atoms with E-state index in [0.717, 1.165) is 69.1 Å². The Labute approximate surface area is 372 Å². The molecule has 0 fully saturated rings. The lowest BCUT2D eigenvalue weighted by molar-refractivity contribution is 0.332. The maximum Gasteiger partial charge on any atom is 0.252 e. The topological polar surface area (TPSA) is 6.48 Å². The Morgan fingerprint density at radius 1 is 0.508 bits per heavy atom. The second-order valence-electron chi connectivity index (χ2n) is 22.9. The zero-order valence-corrected chi connectivity index (χ0v) is 39.3. The van der Waals surface area contributed by atoms with Gasteiger partial charge in [-0.2, -0.15) is 0 Å². The van der Waals surface area contributed by atoms with Crippen molar-refractivity contribution in [3.63, 3.8) is 0 Å². The van der Waals surface area contributed by atoms with Gasteiger partial charge in [-0.05, 0) is 157 Å². The fourth-order valence-corrected chi connectivity index (χ4v) is 10.5. The van der Waals surface area contributed by atoms with E-state index in [1.165, 1.54) is 38.7 Å². The van der Waals surface area contributed by atoms with Crippen LogP contribution in [0.15, 0.2) is 109 Å². The summed E-state index contributed by atoms with van der Waals surface area (Å²) in [7, 11) is 0. The van der Waals surface area contributed by atoms with Gasteiger partial charge in [0.25, 0.3) is 6.71 Å². The number of aryl methyl sites for hydroxylation is 2. The molecule has 2 nitrogen and oxygen atoms in total. The highest BCUT2D eigenvalue weighted by atomic mass is 15.2. The van der Waals surface area contributed by atoms with E-state index in [0.29, 0.717) is 5.56 Å². The van der Waals surface area contributed by atoms with Gasteiger partial charge in [0.2, 0.25) is 0 Å². The first-order valence-electron chi connectivity index (χ1n) is 24.1. The van der Waals surface area contributed by atoms with Crippen molar-refractivity contribution >= 4 is 57.2 Å². The number of fused-ring (bicyclic) bond motifs is 5. The number of anilines is 6. The third-order valence-corrected chi connectivity index (χ3v) is 14.4. The lowest BCUT2D eigenvalue weighted by atomic mass is 9.33. The van der Waals surface area contributed by atoms with Gasteiger partial charge in [0.05, 0.1) is 5.69 Å². The van der Waals surface area contributed by atoms with Crippen molar-refractivity contribution in [2.24, 2.45) is 0 Å².